The number of nitrogens with one attached hydrogen (secondary N) is 1. The van der Waals surface area contributed by atoms with Gasteiger partial charge in [0.05, 0.1) is 19.1 Å². The highest BCUT2D eigenvalue weighted by Crippen LogP contribution is 2.23. The first-order valence-electron chi connectivity index (χ1n) is 12.0. The molecule has 7 nitrogen and oxygen atoms in total. The lowest BCUT2D eigenvalue weighted by atomic mass is 9.97. The van der Waals surface area contributed by atoms with Gasteiger partial charge in [0.15, 0.2) is 0 Å². The Balaban J connectivity index is 1.16. The van der Waals surface area contributed by atoms with Gasteiger partial charge in [-0.2, -0.15) is 0 Å². The van der Waals surface area contributed by atoms with Crippen molar-refractivity contribution in [3.8, 4) is 5.75 Å². The van der Waals surface area contributed by atoms with Crippen LogP contribution >= 0.6 is 0 Å². The van der Waals surface area contributed by atoms with Crippen LogP contribution in [0.1, 0.15) is 24.0 Å². The largest absolute Gasteiger partial charge is 0.492 e. The number of primary amides is 1. The summed E-state index contributed by atoms with van der Waals surface area (Å²) >= 11 is 0. The van der Waals surface area contributed by atoms with Crippen LogP contribution in [0.3, 0.4) is 0 Å². The number of anilines is 1. The minimum Gasteiger partial charge on any atom is -0.492 e. The zero-order valence-corrected chi connectivity index (χ0v) is 19.4. The standard InChI is InChI=1S/C26H36N4O3/c27-26(31)23-2-1-11-30(20-23)24-7-3-21(4-8-24)18-28-19-22-5-9-25(10-6-22)33-17-14-29-12-15-32-16-13-29/h3-10,23,28H,1-2,11-20H2,(H2,27,31). The van der Waals surface area contributed by atoms with Crippen molar-refractivity contribution in [3.05, 3.63) is 59.7 Å². The zero-order chi connectivity index (χ0) is 22.9. The molecule has 1 amide bonds. The van der Waals surface area contributed by atoms with Crippen molar-refractivity contribution >= 4 is 11.6 Å². The molecule has 2 heterocycles. The Labute approximate surface area is 196 Å². The van der Waals surface area contributed by atoms with Gasteiger partial charge < -0.3 is 25.4 Å². The van der Waals surface area contributed by atoms with E-state index in [1.807, 2.05) is 12.1 Å². The van der Waals surface area contributed by atoms with E-state index in [1.54, 1.807) is 0 Å². The summed E-state index contributed by atoms with van der Waals surface area (Å²) in [6.07, 6.45) is 1.91. The van der Waals surface area contributed by atoms with Crippen LogP contribution in [-0.4, -0.2) is 63.4 Å². The molecule has 0 aromatic heterocycles. The number of carbonyl (C=O) groups is 1. The van der Waals surface area contributed by atoms with E-state index in [2.05, 4.69) is 51.5 Å². The van der Waals surface area contributed by atoms with Gasteiger partial charge in [0.2, 0.25) is 5.91 Å². The molecule has 2 saturated heterocycles. The van der Waals surface area contributed by atoms with E-state index in [4.69, 9.17) is 15.2 Å². The van der Waals surface area contributed by atoms with E-state index in [9.17, 15) is 4.79 Å². The maximum absolute atomic E-state index is 11.5. The van der Waals surface area contributed by atoms with Crippen LogP contribution in [0.4, 0.5) is 5.69 Å². The maximum atomic E-state index is 11.5. The molecule has 0 aliphatic carbocycles. The van der Waals surface area contributed by atoms with Gasteiger partial charge in [-0.3, -0.25) is 9.69 Å². The van der Waals surface area contributed by atoms with Gasteiger partial charge in [-0.05, 0) is 48.2 Å². The molecule has 4 rings (SSSR count). The predicted molar refractivity (Wildman–Crippen MR) is 130 cm³/mol. The third kappa shape index (κ3) is 7.19. The first-order chi connectivity index (χ1) is 16.2. The lowest BCUT2D eigenvalue weighted by Gasteiger charge is -2.33. The molecule has 0 saturated carbocycles. The average molecular weight is 453 g/mol. The fraction of sp³-hybridized carbons (Fsp3) is 0.500. The van der Waals surface area contributed by atoms with Crippen LogP contribution in [0.5, 0.6) is 5.75 Å². The molecule has 178 valence electrons. The van der Waals surface area contributed by atoms with Crippen molar-refractivity contribution in [1.82, 2.24) is 10.2 Å². The number of benzene rings is 2. The third-order valence-corrected chi connectivity index (χ3v) is 6.49. The number of nitrogens with zero attached hydrogens (tertiary/aromatic N) is 2. The smallest absolute Gasteiger partial charge is 0.222 e. The molecule has 2 fully saturated rings. The summed E-state index contributed by atoms with van der Waals surface area (Å²) in [5.41, 5.74) is 9.14. The average Bonchev–Trinajstić information content (AvgIpc) is 2.86. The van der Waals surface area contributed by atoms with Crippen molar-refractivity contribution < 1.29 is 14.3 Å². The van der Waals surface area contributed by atoms with Crippen molar-refractivity contribution in [2.24, 2.45) is 11.7 Å². The number of carbonyl (C=O) groups excluding carboxylic acids is 1. The summed E-state index contributed by atoms with van der Waals surface area (Å²) in [7, 11) is 0. The summed E-state index contributed by atoms with van der Waals surface area (Å²) in [5.74, 6) is 0.689. The maximum Gasteiger partial charge on any atom is 0.222 e. The molecule has 0 radical (unpaired) electrons. The van der Waals surface area contributed by atoms with Gasteiger partial charge in [0.1, 0.15) is 12.4 Å². The molecule has 2 aromatic carbocycles. The van der Waals surface area contributed by atoms with E-state index in [0.717, 1.165) is 83.3 Å². The fourth-order valence-corrected chi connectivity index (χ4v) is 4.44. The van der Waals surface area contributed by atoms with Crippen LogP contribution in [0.15, 0.2) is 48.5 Å². The molecular formula is C26H36N4O3. The zero-order valence-electron chi connectivity index (χ0n) is 19.4. The van der Waals surface area contributed by atoms with Crippen LogP contribution < -0.4 is 20.7 Å². The highest BCUT2D eigenvalue weighted by atomic mass is 16.5. The first-order valence-corrected chi connectivity index (χ1v) is 12.0. The van der Waals surface area contributed by atoms with Gasteiger partial charge in [-0.1, -0.05) is 24.3 Å². The molecule has 7 heteroatoms. The first kappa shape index (κ1) is 23.5. The molecule has 1 unspecified atom stereocenters. The fourth-order valence-electron chi connectivity index (χ4n) is 4.44. The molecular weight excluding hydrogens is 416 g/mol. The lowest BCUT2D eigenvalue weighted by molar-refractivity contribution is -0.122. The molecule has 2 aromatic rings. The second kappa shape index (κ2) is 12.0. The Hall–Kier alpha value is -2.61. The number of rotatable bonds is 10. The number of nitrogens with two attached hydrogens (primary N) is 1. The van der Waals surface area contributed by atoms with Crippen molar-refractivity contribution in [3.63, 3.8) is 0 Å². The van der Waals surface area contributed by atoms with Crippen LogP contribution in [0.25, 0.3) is 0 Å². The van der Waals surface area contributed by atoms with E-state index < -0.39 is 0 Å². The van der Waals surface area contributed by atoms with Gasteiger partial charge in [-0.25, -0.2) is 0 Å². The van der Waals surface area contributed by atoms with E-state index in [0.29, 0.717) is 6.61 Å². The van der Waals surface area contributed by atoms with Gasteiger partial charge in [-0.15, -0.1) is 0 Å². The van der Waals surface area contributed by atoms with Crippen LogP contribution in [0.2, 0.25) is 0 Å². The molecule has 0 spiro atoms. The highest BCUT2D eigenvalue weighted by molar-refractivity contribution is 5.77. The summed E-state index contributed by atoms with van der Waals surface area (Å²) in [4.78, 5) is 16.2. The quantitative estimate of drug-likeness (QED) is 0.576. The van der Waals surface area contributed by atoms with Crippen LogP contribution in [0, 0.1) is 5.92 Å². The number of hydrogen-bond donors (Lipinski definition) is 2. The Morgan fingerprint density at radius 1 is 1.00 bits per heavy atom. The lowest BCUT2D eigenvalue weighted by Crippen LogP contribution is -2.41. The molecule has 1 atom stereocenters. The van der Waals surface area contributed by atoms with Crippen molar-refractivity contribution in [1.29, 1.82) is 0 Å². The Kier molecular flexibility index (Phi) is 8.58. The van der Waals surface area contributed by atoms with Gasteiger partial charge in [0, 0.05) is 51.5 Å². The topological polar surface area (TPSA) is 80.1 Å². The Bertz CT molecular complexity index is 866. The third-order valence-electron chi connectivity index (χ3n) is 6.49. The second-order valence-corrected chi connectivity index (χ2v) is 8.90. The van der Waals surface area contributed by atoms with Gasteiger partial charge >= 0.3 is 0 Å². The van der Waals surface area contributed by atoms with Gasteiger partial charge in [0.25, 0.3) is 0 Å². The Morgan fingerprint density at radius 2 is 1.67 bits per heavy atom. The minimum absolute atomic E-state index is 0.0401. The van der Waals surface area contributed by atoms with E-state index in [1.165, 1.54) is 11.1 Å². The number of piperidine rings is 1. The monoisotopic (exact) mass is 452 g/mol. The predicted octanol–water partition coefficient (Wildman–Crippen LogP) is 2.39. The molecule has 0 bridgehead atoms. The Morgan fingerprint density at radius 3 is 2.33 bits per heavy atom. The molecule has 33 heavy (non-hydrogen) atoms. The highest BCUT2D eigenvalue weighted by Gasteiger charge is 2.24. The summed E-state index contributed by atoms with van der Waals surface area (Å²) < 4.78 is 11.3. The van der Waals surface area contributed by atoms with Crippen LogP contribution in [-0.2, 0) is 22.6 Å². The van der Waals surface area contributed by atoms with Crippen molar-refractivity contribution in [2.75, 3.05) is 57.4 Å². The second-order valence-electron chi connectivity index (χ2n) is 8.90. The number of amides is 1. The SMILES string of the molecule is NC(=O)C1CCCN(c2ccc(CNCc3ccc(OCCN4CCOCC4)cc3)cc2)C1. The normalized spacial score (nSPS) is 19.4. The summed E-state index contributed by atoms with van der Waals surface area (Å²) in [6.45, 7) is 8.58. The summed E-state index contributed by atoms with van der Waals surface area (Å²) in [6, 6.07) is 16.9. The molecule has 2 aliphatic heterocycles. The minimum atomic E-state index is -0.187. The van der Waals surface area contributed by atoms with Crippen molar-refractivity contribution in [2.45, 2.75) is 25.9 Å². The van der Waals surface area contributed by atoms with E-state index >= 15 is 0 Å². The molecule has 3 N–H and O–H groups in total. The summed E-state index contributed by atoms with van der Waals surface area (Å²) in [5, 5.41) is 3.51. The number of morpholine rings is 1. The number of ether oxygens (including phenoxy) is 2. The number of hydrogen-bond acceptors (Lipinski definition) is 6. The van der Waals surface area contributed by atoms with E-state index in [-0.39, 0.29) is 11.8 Å². The molecule has 2 aliphatic rings.